The fourth-order valence-corrected chi connectivity index (χ4v) is 6.32. The van der Waals surface area contributed by atoms with Crippen LogP contribution in [0.3, 0.4) is 0 Å². The van der Waals surface area contributed by atoms with E-state index in [1.807, 2.05) is 0 Å². The number of rotatable bonds is 13. The Morgan fingerprint density at radius 1 is 1.30 bits per heavy atom. The van der Waals surface area contributed by atoms with Gasteiger partial charge in [0.15, 0.2) is 23.2 Å². The van der Waals surface area contributed by atoms with Gasteiger partial charge in [-0.2, -0.15) is 9.97 Å². The lowest BCUT2D eigenvalue weighted by Crippen LogP contribution is -2.44. The Hall–Kier alpha value is -3.42. The van der Waals surface area contributed by atoms with Gasteiger partial charge >= 0.3 is 13.7 Å². The molecule has 1 aliphatic carbocycles. The molecular formula is C24H33N8O10PS. The van der Waals surface area contributed by atoms with E-state index in [4.69, 9.17) is 24.3 Å². The first-order chi connectivity index (χ1) is 20.6. The summed E-state index contributed by atoms with van der Waals surface area (Å²) in [4.78, 5) is 26.9. The summed E-state index contributed by atoms with van der Waals surface area (Å²) >= 11 is 0. The number of aliphatic hydroxyl groups is 2. The number of aromatic nitrogens is 4. The molecule has 6 N–H and O–H groups in total. The van der Waals surface area contributed by atoms with Crippen LogP contribution in [0.4, 0.5) is 11.8 Å². The molecule has 0 radical (unpaired) electrons. The number of nitrogens with zero attached hydrogens (tertiary/aromatic N) is 5. The van der Waals surface area contributed by atoms with Gasteiger partial charge in [-0.1, -0.05) is 18.2 Å². The molecule has 240 valence electrons. The Balaban J connectivity index is 1.36. The zero-order valence-corrected chi connectivity index (χ0v) is 25.6. The number of carbonyl (C=O) groups is 1. The highest BCUT2D eigenvalue weighted by molar-refractivity contribution is 7.88. The number of nitrogens with one attached hydrogen (secondary N) is 2. The molecule has 1 aromatic carbocycles. The molecule has 5 rings (SSSR count). The predicted molar refractivity (Wildman–Crippen MR) is 154 cm³/mol. The number of imidazole rings is 1. The lowest BCUT2D eigenvalue weighted by atomic mass is 9.96. The molecule has 0 bridgehead atoms. The molecule has 1 aliphatic heterocycles. The predicted octanol–water partition coefficient (Wildman–Crippen LogP) is -0.183. The van der Waals surface area contributed by atoms with Gasteiger partial charge in [-0.3, -0.25) is 18.9 Å². The van der Waals surface area contributed by atoms with Crippen molar-refractivity contribution in [3.05, 3.63) is 36.7 Å². The van der Waals surface area contributed by atoms with Crippen LogP contribution in [0.25, 0.3) is 11.2 Å². The summed E-state index contributed by atoms with van der Waals surface area (Å²) < 4.78 is 60.8. The van der Waals surface area contributed by atoms with Crippen molar-refractivity contribution in [3.8, 4) is 5.75 Å². The van der Waals surface area contributed by atoms with Crippen LogP contribution < -0.4 is 25.2 Å². The second-order valence-corrected chi connectivity index (χ2v) is 14.1. The van der Waals surface area contributed by atoms with Gasteiger partial charge in [0.25, 0.3) is 0 Å². The van der Waals surface area contributed by atoms with Crippen molar-refractivity contribution in [3.63, 3.8) is 0 Å². The molecular weight excluding hydrogens is 623 g/mol. The number of nitrogens with two attached hydrogens (primary N) is 1. The minimum atomic E-state index is -4.24. The maximum absolute atomic E-state index is 13.7. The van der Waals surface area contributed by atoms with E-state index in [0.29, 0.717) is 0 Å². The van der Waals surface area contributed by atoms with Crippen LogP contribution in [0.5, 0.6) is 5.75 Å². The Kier molecular flexibility index (Phi) is 8.85. The molecule has 18 nitrogen and oxygen atoms in total. The molecule has 2 aliphatic rings. The lowest BCUT2D eigenvalue weighted by molar-refractivity contribution is -0.143. The van der Waals surface area contributed by atoms with Crippen molar-refractivity contribution in [1.29, 1.82) is 0 Å². The van der Waals surface area contributed by atoms with E-state index in [1.165, 1.54) is 37.0 Å². The van der Waals surface area contributed by atoms with E-state index in [-0.39, 0.29) is 34.8 Å². The number of benzene rings is 1. The number of esters is 1. The third-order valence-corrected chi connectivity index (χ3v) is 8.76. The number of nitrogen functional groups attached to an aromatic ring is 1. The summed E-state index contributed by atoms with van der Waals surface area (Å²) in [5.74, 6) is -0.678. The summed E-state index contributed by atoms with van der Waals surface area (Å²) in [6.45, 7) is 0.296. The molecule has 20 heteroatoms. The van der Waals surface area contributed by atoms with Crippen molar-refractivity contribution in [2.75, 3.05) is 37.2 Å². The van der Waals surface area contributed by atoms with Crippen molar-refractivity contribution in [2.24, 2.45) is 0 Å². The second kappa shape index (κ2) is 12.2. The molecule has 44 heavy (non-hydrogen) atoms. The normalized spacial score (nSPS) is 25.1. The highest BCUT2D eigenvalue weighted by Gasteiger charge is 2.54. The summed E-state index contributed by atoms with van der Waals surface area (Å²) in [5.41, 5.74) is 4.08. The number of aliphatic hydroxyl groups excluding tert-OH is 1. The first kappa shape index (κ1) is 32.0. The maximum Gasteiger partial charge on any atom is 0.459 e. The SMILES string of the molecule is CN(NS(C)(=O)=O)c1nc(N)nc2c1ncn2[C@@H]1OC(COP(=O)(NCC(=O)OC2CC2)Oc2ccccc2)[C@@H](O)[C@@]1(C)O. The zero-order chi connectivity index (χ0) is 31.9. The second-order valence-electron chi connectivity index (χ2n) is 10.6. The monoisotopic (exact) mass is 656 g/mol. The number of hydrogen-bond acceptors (Lipinski definition) is 15. The molecule has 3 aromatic rings. The fourth-order valence-electron chi connectivity index (χ4n) is 4.46. The molecule has 2 fully saturated rings. The highest BCUT2D eigenvalue weighted by Crippen LogP contribution is 2.46. The van der Waals surface area contributed by atoms with Gasteiger partial charge in [0.1, 0.15) is 36.2 Å². The topological polar surface area (TPSA) is 243 Å². The largest absolute Gasteiger partial charge is 0.461 e. The number of hydrogen-bond donors (Lipinski definition) is 5. The smallest absolute Gasteiger partial charge is 0.459 e. The Morgan fingerprint density at radius 3 is 2.66 bits per heavy atom. The minimum Gasteiger partial charge on any atom is -0.461 e. The molecule has 1 saturated heterocycles. The number of carbonyl (C=O) groups excluding carboxylic acids is 1. The van der Waals surface area contributed by atoms with E-state index >= 15 is 0 Å². The maximum atomic E-state index is 13.7. The standard InChI is InChI=1S/C24H33N8O10PS/c1-24(35)19(34)16(12-39-43(36,42-15-7-5-4-6-8-15)27-11-17(33)40-14-9-10-14)41-22(24)32-13-26-18-20(28-23(25)29-21(18)32)31(2)30-44(3,37)38/h4-8,13-14,16,19,22,30,34-35H,9-12H2,1-3H3,(H,27,36)(H2,25,28,29)/t16?,19-,22-,24-,43?/m1/s1. The molecule has 0 spiro atoms. The van der Waals surface area contributed by atoms with Crippen LogP contribution in [0.1, 0.15) is 26.0 Å². The number of para-hydroxylation sites is 1. The van der Waals surface area contributed by atoms with Gasteiger partial charge in [0.2, 0.25) is 16.0 Å². The van der Waals surface area contributed by atoms with Crippen molar-refractivity contribution in [2.45, 2.75) is 49.9 Å². The number of fused-ring (bicyclic) bond motifs is 1. The summed E-state index contributed by atoms with van der Waals surface area (Å²) in [5, 5.41) is 25.9. The Morgan fingerprint density at radius 2 is 2.00 bits per heavy atom. The number of anilines is 2. The van der Waals surface area contributed by atoms with E-state index in [1.54, 1.807) is 18.2 Å². The summed E-state index contributed by atoms with van der Waals surface area (Å²) in [6, 6.07) is 8.11. The first-order valence-electron chi connectivity index (χ1n) is 13.4. The molecule has 2 aromatic heterocycles. The zero-order valence-electron chi connectivity index (χ0n) is 23.9. The molecule has 3 heterocycles. The van der Waals surface area contributed by atoms with E-state index in [0.717, 1.165) is 24.1 Å². The summed E-state index contributed by atoms with van der Waals surface area (Å²) in [6.07, 6.45) is -0.581. The molecule has 1 saturated carbocycles. The molecule has 2 unspecified atom stereocenters. The van der Waals surface area contributed by atoms with E-state index in [9.17, 15) is 28.0 Å². The van der Waals surface area contributed by atoms with Crippen molar-refractivity contribution < 1.29 is 46.5 Å². The van der Waals surface area contributed by atoms with Gasteiger partial charge in [-0.25, -0.2) is 23.1 Å². The van der Waals surface area contributed by atoms with E-state index < -0.39 is 60.9 Å². The van der Waals surface area contributed by atoms with Gasteiger partial charge in [0, 0.05) is 7.05 Å². The van der Waals surface area contributed by atoms with Gasteiger partial charge in [-0.05, 0) is 31.9 Å². The Bertz CT molecular complexity index is 1670. The lowest BCUT2D eigenvalue weighted by Gasteiger charge is -2.27. The molecule has 5 atom stereocenters. The Labute approximate surface area is 252 Å². The third kappa shape index (κ3) is 7.27. The van der Waals surface area contributed by atoms with E-state index in [2.05, 4.69) is 24.9 Å². The van der Waals surface area contributed by atoms with Crippen LogP contribution in [-0.4, -0.2) is 94.5 Å². The number of ether oxygens (including phenoxy) is 2. The first-order valence-corrected chi connectivity index (χ1v) is 16.8. The van der Waals surface area contributed by atoms with Gasteiger partial charge in [0.05, 0.1) is 19.2 Å². The van der Waals surface area contributed by atoms with Gasteiger partial charge in [-0.15, -0.1) is 4.83 Å². The third-order valence-electron chi connectivity index (χ3n) is 6.67. The van der Waals surface area contributed by atoms with Crippen molar-refractivity contribution >= 4 is 46.7 Å². The van der Waals surface area contributed by atoms with Crippen LogP contribution in [-0.2, 0) is 33.4 Å². The van der Waals surface area contributed by atoms with Crippen molar-refractivity contribution in [1.82, 2.24) is 29.4 Å². The van der Waals surface area contributed by atoms with Crippen LogP contribution in [0.2, 0.25) is 0 Å². The fraction of sp³-hybridized carbons (Fsp3) is 0.500. The number of sulfonamides is 1. The summed E-state index contributed by atoms with van der Waals surface area (Å²) in [7, 11) is -6.54. The number of hydrazine groups is 1. The quantitative estimate of drug-likeness (QED) is 0.0910. The average Bonchev–Trinajstić information content (AvgIpc) is 3.61. The average molecular weight is 657 g/mol. The highest BCUT2D eigenvalue weighted by atomic mass is 32.2. The van der Waals surface area contributed by atoms with Crippen LogP contribution in [0, 0.1) is 0 Å². The van der Waals surface area contributed by atoms with Crippen LogP contribution >= 0.6 is 7.75 Å². The molecule has 0 amide bonds. The van der Waals surface area contributed by atoms with Crippen LogP contribution in [0.15, 0.2) is 36.7 Å². The van der Waals surface area contributed by atoms with Gasteiger partial charge < -0.3 is 29.9 Å². The minimum absolute atomic E-state index is 0.0139.